The predicted molar refractivity (Wildman–Crippen MR) is 52.3 cm³/mol. The molecule has 0 heterocycles. The molecule has 0 aromatic heterocycles. The number of carbonyl (C=O) groups excluding carboxylic acids is 1. The number of methoxy groups -OCH3 is 1. The maximum Gasteiger partial charge on any atom is 1.00 e. The number of aliphatic carboxylic acids is 1. The van der Waals surface area contributed by atoms with E-state index in [-0.39, 0.29) is 40.8 Å². The van der Waals surface area contributed by atoms with Gasteiger partial charge in [0, 0.05) is 0 Å². The van der Waals surface area contributed by atoms with Crippen LogP contribution in [0.3, 0.4) is 0 Å². The van der Waals surface area contributed by atoms with E-state index in [1.54, 1.807) is 6.07 Å². The SMILES string of the molecule is COc1cc(/C=C/C(=O)[O-])ccc1O.O.[Na+]. The molecular formula is C10H11NaO5. The summed E-state index contributed by atoms with van der Waals surface area (Å²) in [4.78, 5) is 10.1. The number of benzene rings is 1. The first-order valence-electron chi connectivity index (χ1n) is 3.89. The average molecular weight is 234 g/mol. The van der Waals surface area contributed by atoms with Crippen LogP contribution >= 0.6 is 0 Å². The number of phenolic OH excluding ortho intramolecular Hbond substituents is 1. The molecule has 0 atom stereocenters. The van der Waals surface area contributed by atoms with Gasteiger partial charge >= 0.3 is 29.6 Å². The number of carboxylic acids is 1. The minimum absolute atomic E-state index is 0. The van der Waals surface area contributed by atoms with Crippen LogP contribution in [0.4, 0.5) is 0 Å². The molecule has 0 saturated heterocycles. The summed E-state index contributed by atoms with van der Waals surface area (Å²) in [6.07, 6.45) is 2.27. The normalized spacial score (nSPS) is 9.06. The van der Waals surface area contributed by atoms with Crippen LogP contribution in [-0.4, -0.2) is 23.7 Å². The monoisotopic (exact) mass is 234 g/mol. The van der Waals surface area contributed by atoms with Crippen molar-refractivity contribution >= 4 is 12.0 Å². The van der Waals surface area contributed by atoms with Crippen LogP contribution in [0, 0.1) is 0 Å². The van der Waals surface area contributed by atoms with Crippen LogP contribution in [0.2, 0.25) is 0 Å². The predicted octanol–water partition coefficient (Wildman–Crippen LogP) is -3.66. The molecule has 0 aliphatic rings. The molecule has 16 heavy (non-hydrogen) atoms. The number of carbonyl (C=O) groups is 1. The Bertz CT molecular complexity index is 375. The first kappa shape index (κ1) is 17.4. The second-order valence-corrected chi connectivity index (χ2v) is 2.58. The molecule has 0 aliphatic carbocycles. The molecule has 0 saturated carbocycles. The number of hydrogen-bond acceptors (Lipinski definition) is 4. The van der Waals surface area contributed by atoms with Gasteiger partial charge in [0.05, 0.1) is 13.1 Å². The van der Waals surface area contributed by atoms with Gasteiger partial charge in [-0.05, 0) is 23.8 Å². The summed E-state index contributed by atoms with van der Waals surface area (Å²) < 4.78 is 4.85. The Morgan fingerprint density at radius 2 is 2.12 bits per heavy atom. The maximum absolute atomic E-state index is 10.1. The van der Waals surface area contributed by atoms with Crippen molar-refractivity contribution in [1.82, 2.24) is 0 Å². The fourth-order valence-corrected chi connectivity index (χ4v) is 0.962. The van der Waals surface area contributed by atoms with E-state index in [1.807, 2.05) is 0 Å². The minimum Gasteiger partial charge on any atom is -0.545 e. The molecule has 0 aliphatic heterocycles. The quantitative estimate of drug-likeness (QED) is 0.430. The zero-order valence-electron chi connectivity index (χ0n) is 9.06. The molecule has 0 unspecified atom stereocenters. The van der Waals surface area contributed by atoms with Gasteiger partial charge in [-0.3, -0.25) is 0 Å². The number of carboxylic acid groups (broad SMARTS) is 1. The Balaban J connectivity index is 0. The topological polar surface area (TPSA) is 101 Å². The van der Waals surface area contributed by atoms with Crippen molar-refractivity contribution < 1.29 is 54.8 Å². The summed E-state index contributed by atoms with van der Waals surface area (Å²) in [6.45, 7) is 0. The van der Waals surface area contributed by atoms with Gasteiger partial charge in [-0.15, -0.1) is 0 Å². The summed E-state index contributed by atoms with van der Waals surface area (Å²) >= 11 is 0. The summed E-state index contributed by atoms with van der Waals surface area (Å²) in [5.41, 5.74) is 0.615. The van der Waals surface area contributed by atoms with Gasteiger partial charge in [0.15, 0.2) is 11.5 Å². The van der Waals surface area contributed by atoms with Crippen LogP contribution in [0.1, 0.15) is 5.56 Å². The van der Waals surface area contributed by atoms with E-state index in [0.717, 1.165) is 6.08 Å². The van der Waals surface area contributed by atoms with Gasteiger partial charge < -0.3 is 25.2 Å². The van der Waals surface area contributed by atoms with Crippen molar-refractivity contribution in [2.45, 2.75) is 0 Å². The van der Waals surface area contributed by atoms with E-state index < -0.39 is 5.97 Å². The molecule has 82 valence electrons. The summed E-state index contributed by atoms with van der Waals surface area (Å²) in [5.74, 6) is -0.958. The Morgan fingerprint density at radius 1 is 1.50 bits per heavy atom. The molecule has 0 fully saturated rings. The summed E-state index contributed by atoms with van der Waals surface area (Å²) in [6, 6.07) is 4.51. The van der Waals surface area contributed by atoms with Crippen molar-refractivity contribution in [2.24, 2.45) is 0 Å². The molecule has 1 aromatic rings. The molecular weight excluding hydrogens is 223 g/mol. The number of ether oxygens (including phenoxy) is 1. The van der Waals surface area contributed by atoms with E-state index in [4.69, 9.17) is 4.74 Å². The molecule has 0 radical (unpaired) electrons. The Labute approximate surface area is 115 Å². The van der Waals surface area contributed by atoms with E-state index in [2.05, 4.69) is 0 Å². The fourth-order valence-electron chi connectivity index (χ4n) is 0.962. The first-order chi connectivity index (χ1) is 6.63. The molecule has 6 heteroatoms. The number of phenols is 1. The van der Waals surface area contributed by atoms with Crippen molar-refractivity contribution in [3.8, 4) is 11.5 Å². The molecule has 3 N–H and O–H groups in total. The van der Waals surface area contributed by atoms with E-state index in [9.17, 15) is 15.0 Å². The minimum atomic E-state index is -1.27. The van der Waals surface area contributed by atoms with Gasteiger partial charge in [-0.25, -0.2) is 0 Å². The van der Waals surface area contributed by atoms with E-state index in [0.29, 0.717) is 11.3 Å². The second kappa shape index (κ2) is 8.18. The third kappa shape index (κ3) is 5.18. The van der Waals surface area contributed by atoms with Crippen LogP contribution in [0.25, 0.3) is 6.08 Å². The smallest absolute Gasteiger partial charge is 0.545 e. The molecule has 1 aromatic carbocycles. The van der Waals surface area contributed by atoms with E-state index in [1.165, 1.54) is 25.3 Å². The van der Waals surface area contributed by atoms with Crippen LogP contribution in [-0.2, 0) is 4.79 Å². The zero-order chi connectivity index (χ0) is 10.6. The van der Waals surface area contributed by atoms with Gasteiger partial charge in [0.25, 0.3) is 0 Å². The van der Waals surface area contributed by atoms with Crippen molar-refractivity contribution in [3.63, 3.8) is 0 Å². The first-order valence-corrected chi connectivity index (χ1v) is 3.89. The average Bonchev–Trinajstić information content (AvgIpc) is 2.16. The number of rotatable bonds is 3. The third-order valence-electron chi connectivity index (χ3n) is 1.62. The van der Waals surface area contributed by atoms with Gasteiger partial charge in [-0.2, -0.15) is 0 Å². The number of hydrogen-bond donors (Lipinski definition) is 1. The Kier molecular flexibility index (Phi) is 8.89. The van der Waals surface area contributed by atoms with Gasteiger partial charge in [0.2, 0.25) is 0 Å². The van der Waals surface area contributed by atoms with Gasteiger partial charge in [0.1, 0.15) is 0 Å². The van der Waals surface area contributed by atoms with Crippen molar-refractivity contribution in [3.05, 3.63) is 29.8 Å². The van der Waals surface area contributed by atoms with Crippen molar-refractivity contribution in [2.75, 3.05) is 7.11 Å². The number of aromatic hydroxyl groups is 1. The molecule has 5 nitrogen and oxygen atoms in total. The zero-order valence-corrected chi connectivity index (χ0v) is 11.1. The molecule has 0 spiro atoms. The Morgan fingerprint density at radius 3 is 2.62 bits per heavy atom. The fraction of sp³-hybridized carbons (Fsp3) is 0.100. The van der Waals surface area contributed by atoms with Crippen LogP contribution in [0.15, 0.2) is 24.3 Å². The second-order valence-electron chi connectivity index (χ2n) is 2.58. The molecule has 0 bridgehead atoms. The third-order valence-corrected chi connectivity index (χ3v) is 1.62. The summed E-state index contributed by atoms with van der Waals surface area (Å²) in [5, 5.41) is 19.4. The Hall–Kier alpha value is -1.01. The van der Waals surface area contributed by atoms with E-state index >= 15 is 0 Å². The summed E-state index contributed by atoms with van der Waals surface area (Å²) in [7, 11) is 1.42. The standard InChI is InChI=1S/C10H10O4.Na.H2O/c1-14-9-6-7(2-4-8(9)11)3-5-10(12)13;;/h2-6,11H,1H3,(H,12,13);;1H2/q;+1;/p-1/b5-3+;;. The van der Waals surface area contributed by atoms with Crippen molar-refractivity contribution in [1.29, 1.82) is 0 Å². The largest absolute Gasteiger partial charge is 1.00 e. The molecule has 0 amide bonds. The maximum atomic E-state index is 10.1. The van der Waals surface area contributed by atoms with Crippen LogP contribution < -0.4 is 39.4 Å². The van der Waals surface area contributed by atoms with Gasteiger partial charge in [-0.1, -0.05) is 12.1 Å². The molecule has 1 rings (SSSR count). The van der Waals surface area contributed by atoms with Crippen LogP contribution in [0.5, 0.6) is 11.5 Å².